The molecule has 1 saturated heterocycles. The number of nitrogens with zero attached hydrogens (tertiary/aromatic N) is 2. The number of rotatable bonds is 4. The highest BCUT2D eigenvalue weighted by Crippen LogP contribution is 2.27. The van der Waals surface area contributed by atoms with Crippen LogP contribution in [0.5, 0.6) is 0 Å². The zero-order valence-electron chi connectivity index (χ0n) is 17.1. The lowest BCUT2D eigenvalue weighted by Crippen LogP contribution is -2.50. The van der Waals surface area contributed by atoms with E-state index in [0.717, 1.165) is 24.9 Å². The molecule has 2 N–H and O–H groups in total. The van der Waals surface area contributed by atoms with Gasteiger partial charge in [-0.15, -0.1) is 0 Å². The van der Waals surface area contributed by atoms with Crippen molar-refractivity contribution in [2.24, 2.45) is 5.92 Å². The van der Waals surface area contributed by atoms with Gasteiger partial charge in [0.05, 0.1) is 0 Å². The summed E-state index contributed by atoms with van der Waals surface area (Å²) in [5.74, 6) is -2.69. The molecule has 1 aromatic rings. The molecule has 1 heterocycles. The minimum Gasteiger partial charge on any atom is -0.473 e. The monoisotopic (exact) mass is 390 g/mol. The minimum absolute atomic E-state index is 0.877. The maximum Gasteiger partial charge on any atom is 0.414 e. The maximum atomic E-state index is 9.10. The first-order valence-electron chi connectivity index (χ1n) is 10.4. The molecule has 28 heavy (non-hydrogen) atoms. The Morgan fingerprint density at radius 1 is 0.893 bits per heavy atom. The van der Waals surface area contributed by atoms with Gasteiger partial charge in [0, 0.05) is 38.8 Å². The number of aliphatic carboxylic acids is 2. The van der Waals surface area contributed by atoms with Crippen LogP contribution in [-0.4, -0.2) is 64.2 Å². The number of carbonyl (C=O) groups is 2. The second-order valence-corrected chi connectivity index (χ2v) is 8.01. The van der Waals surface area contributed by atoms with E-state index in [1.165, 1.54) is 63.0 Å². The molecule has 0 bridgehead atoms. The highest BCUT2D eigenvalue weighted by atomic mass is 16.4. The third-order valence-corrected chi connectivity index (χ3v) is 5.93. The standard InChI is InChI=1S/C20H32N2.C2H2O4/c1-3-18-6-8-19(9-7-18)16-21-12-14-22(15-13-21)20-10-4-17(2)5-11-20;3-1(4)2(5)6/h6-9,17,20H,3-5,10-16H2,1-2H3;(H,3,4)(H,5,6). The van der Waals surface area contributed by atoms with Crippen LogP contribution in [0.3, 0.4) is 0 Å². The highest BCUT2D eigenvalue weighted by molar-refractivity contribution is 6.27. The fraction of sp³-hybridized carbons (Fsp3) is 0.636. The van der Waals surface area contributed by atoms with E-state index < -0.39 is 11.9 Å². The second kappa shape index (κ2) is 11.2. The Morgan fingerprint density at radius 3 is 1.86 bits per heavy atom. The van der Waals surface area contributed by atoms with Crippen LogP contribution >= 0.6 is 0 Å². The van der Waals surface area contributed by atoms with Gasteiger partial charge in [0.2, 0.25) is 0 Å². The van der Waals surface area contributed by atoms with E-state index in [4.69, 9.17) is 19.8 Å². The zero-order chi connectivity index (χ0) is 20.5. The average molecular weight is 391 g/mol. The number of carboxylic acid groups (broad SMARTS) is 2. The summed E-state index contributed by atoms with van der Waals surface area (Å²) in [5.41, 5.74) is 2.91. The van der Waals surface area contributed by atoms with Gasteiger partial charge in [0.1, 0.15) is 0 Å². The van der Waals surface area contributed by atoms with Crippen molar-refractivity contribution in [1.29, 1.82) is 0 Å². The average Bonchev–Trinajstić information content (AvgIpc) is 2.70. The summed E-state index contributed by atoms with van der Waals surface area (Å²) in [6, 6.07) is 10.1. The third kappa shape index (κ3) is 7.24. The molecular formula is C22H34N2O4. The van der Waals surface area contributed by atoms with Crippen molar-refractivity contribution in [3.8, 4) is 0 Å². The first-order valence-corrected chi connectivity index (χ1v) is 10.4. The predicted octanol–water partition coefficient (Wildman–Crippen LogP) is 3.10. The predicted molar refractivity (Wildman–Crippen MR) is 109 cm³/mol. The Morgan fingerprint density at radius 2 is 1.39 bits per heavy atom. The molecule has 0 unspecified atom stereocenters. The molecule has 1 saturated carbocycles. The minimum atomic E-state index is -1.82. The van der Waals surface area contributed by atoms with Gasteiger partial charge in [-0.05, 0) is 49.1 Å². The number of hydrogen-bond donors (Lipinski definition) is 2. The van der Waals surface area contributed by atoms with Gasteiger partial charge in [0.15, 0.2) is 0 Å². The first-order chi connectivity index (χ1) is 13.4. The number of piperazine rings is 1. The van der Waals surface area contributed by atoms with Crippen LogP contribution in [0, 0.1) is 5.92 Å². The van der Waals surface area contributed by atoms with Crippen molar-refractivity contribution in [1.82, 2.24) is 9.80 Å². The molecule has 6 heteroatoms. The topological polar surface area (TPSA) is 81.1 Å². The van der Waals surface area contributed by atoms with Gasteiger partial charge < -0.3 is 10.2 Å². The fourth-order valence-electron chi connectivity index (χ4n) is 4.03. The molecule has 0 amide bonds. The summed E-state index contributed by atoms with van der Waals surface area (Å²) in [6.07, 6.45) is 6.88. The lowest BCUT2D eigenvalue weighted by Gasteiger charge is -2.41. The van der Waals surface area contributed by atoms with Gasteiger partial charge in [0.25, 0.3) is 0 Å². The zero-order valence-corrected chi connectivity index (χ0v) is 17.1. The summed E-state index contributed by atoms with van der Waals surface area (Å²) < 4.78 is 0. The van der Waals surface area contributed by atoms with Gasteiger partial charge in [-0.3, -0.25) is 9.80 Å². The normalized spacial score (nSPS) is 23.5. The molecule has 0 spiro atoms. The Kier molecular flexibility index (Phi) is 8.93. The van der Waals surface area contributed by atoms with Crippen LogP contribution in [0.2, 0.25) is 0 Å². The molecule has 3 rings (SSSR count). The Bertz CT molecular complexity index is 604. The SMILES string of the molecule is CCc1ccc(CN2CCN(C3CCC(C)CC3)CC2)cc1.O=C(O)C(=O)O. The van der Waals surface area contributed by atoms with Crippen molar-refractivity contribution in [2.75, 3.05) is 26.2 Å². The van der Waals surface area contributed by atoms with Crippen LogP contribution in [0.15, 0.2) is 24.3 Å². The maximum absolute atomic E-state index is 9.10. The van der Waals surface area contributed by atoms with Crippen molar-refractivity contribution in [3.05, 3.63) is 35.4 Å². The fourth-order valence-corrected chi connectivity index (χ4v) is 4.03. The lowest BCUT2D eigenvalue weighted by atomic mass is 9.86. The molecule has 6 nitrogen and oxygen atoms in total. The molecule has 0 radical (unpaired) electrons. The smallest absolute Gasteiger partial charge is 0.414 e. The molecule has 0 aromatic heterocycles. The van der Waals surface area contributed by atoms with E-state index in [1.54, 1.807) is 0 Å². The number of benzene rings is 1. The number of carboxylic acids is 2. The number of aryl methyl sites for hydroxylation is 1. The van der Waals surface area contributed by atoms with E-state index in [2.05, 4.69) is 47.9 Å². The summed E-state index contributed by atoms with van der Waals surface area (Å²) >= 11 is 0. The van der Waals surface area contributed by atoms with Crippen molar-refractivity contribution >= 4 is 11.9 Å². The second-order valence-electron chi connectivity index (χ2n) is 8.01. The van der Waals surface area contributed by atoms with E-state index >= 15 is 0 Å². The summed E-state index contributed by atoms with van der Waals surface area (Å²) in [4.78, 5) is 23.6. The van der Waals surface area contributed by atoms with Crippen molar-refractivity contribution < 1.29 is 19.8 Å². The number of hydrogen-bond acceptors (Lipinski definition) is 4. The largest absolute Gasteiger partial charge is 0.473 e. The highest BCUT2D eigenvalue weighted by Gasteiger charge is 2.26. The summed E-state index contributed by atoms with van der Waals surface area (Å²) in [5, 5.41) is 14.8. The molecular weight excluding hydrogens is 356 g/mol. The summed E-state index contributed by atoms with van der Waals surface area (Å²) in [7, 11) is 0. The molecule has 1 aliphatic carbocycles. The van der Waals surface area contributed by atoms with Gasteiger partial charge in [-0.25, -0.2) is 9.59 Å². The van der Waals surface area contributed by atoms with Crippen molar-refractivity contribution in [2.45, 2.75) is 58.5 Å². The van der Waals surface area contributed by atoms with E-state index in [0.29, 0.717) is 0 Å². The third-order valence-electron chi connectivity index (χ3n) is 5.93. The molecule has 156 valence electrons. The first kappa shape index (κ1) is 22.4. The van der Waals surface area contributed by atoms with Crippen molar-refractivity contribution in [3.63, 3.8) is 0 Å². The van der Waals surface area contributed by atoms with Crippen LogP contribution < -0.4 is 0 Å². The quantitative estimate of drug-likeness (QED) is 0.769. The van der Waals surface area contributed by atoms with E-state index in [-0.39, 0.29) is 0 Å². The van der Waals surface area contributed by atoms with Gasteiger partial charge in [-0.1, -0.05) is 38.1 Å². The van der Waals surface area contributed by atoms with Crippen LogP contribution in [-0.2, 0) is 22.6 Å². The summed E-state index contributed by atoms with van der Waals surface area (Å²) in [6.45, 7) is 10.8. The van der Waals surface area contributed by atoms with E-state index in [1.807, 2.05) is 0 Å². The molecule has 1 aliphatic heterocycles. The van der Waals surface area contributed by atoms with Gasteiger partial charge >= 0.3 is 11.9 Å². The Labute approximate surface area is 168 Å². The molecule has 2 fully saturated rings. The Hall–Kier alpha value is -1.92. The van der Waals surface area contributed by atoms with Gasteiger partial charge in [-0.2, -0.15) is 0 Å². The molecule has 0 atom stereocenters. The molecule has 1 aromatic carbocycles. The van der Waals surface area contributed by atoms with E-state index in [9.17, 15) is 0 Å². The Balaban J connectivity index is 0.000000409. The van der Waals surface area contributed by atoms with Crippen LogP contribution in [0.4, 0.5) is 0 Å². The molecule has 2 aliphatic rings. The van der Waals surface area contributed by atoms with Crippen LogP contribution in [0.1, 0.15) is 50.7 Å². The lowest BCUT2D eigenvalue weighted by molar-refractivity contribution is -0.159. The van der Waals surface area contributed by atoms with Crippen LogP contribution in [0.25, 0.3) is 0 Å².